The van der Waals surface area contributed by atoms with E-state index in [1.54, 1.807) is 6.07 Å². The molecule has 0 saturated carbocycles. The minimum absolute atomic E-state index is 0.101. The van der Waals surface area contributed by atoms with Crippen LogP contribution < -0.4 is 5.32 Å². The number of anilines is 1. The molecule has 0 aliphatic heterocycles. The first-order valence-corrected chi connectivity index (χ1v) is 9.69. The van der Waals surface area contributed by atoms with Crippen LogP contribution in [0.5, 0.6) is 0 Å². The Hall–Kier alpha value is -3.40. The average molecular weight is 384 g/mol. The summed E-state index contributed by atoms with van der Waals surface area (Å²) in [4.78, 5) is 17.1. The quantitative estimate of drug-likeness (QED) is 0.447. The third-order valence-corrected chi connectivity index (χ3v) is 4.92. The topological polar surface area (TPSA) is 55.1 Å². The Labute approximate surface area is 170 Å². The first kappa shape index (κ1) is 18.9. The minimum Gasteiger partial charge on any atom is -0.436 e. The lowest BCUT2D eigenvalue weighted by atomic mass is 9.87. The van der Waals surface area contributed by atoms with Gasteiger partial charge in [0.15, 0.2) is 5.58 Å². The molecule has 4 rings (SSSR count). The number of rotatable bonds is 3. The molecule has 0 aliphatic rings. The Morgan fingerprint density at radius 2 is 1.72 bits per heavy atom. The van der Waals surface area contributed by atoms with Crippen LogP contribution in [0.25, 0.3) is 22.6 Å². The van der Waals surface area contributed by atoms with E-state index in [4.69, 9.17) is 4.42 Å². The second-order valence-corrected chi connectivity index (χ2v) is 8.35. The lowest BCUT2D eigenvalue weighted by Gasteiger charge is -2.18. The number of nitrogens with zero attached hydrogens (tertiary/aromatic N) is 1. The Morgan fingerprint density at radius 1 is 0.966 bits per heavy atom. The zero-order valence-electron chi connectivity index (χ0n) is 17.1. The van der Waals surface area contributed by atoms with Gasteiger partial charge in [-0.25, -0.2) is 4.98 Å². The number of carbonyl (C=O) groups excluding carboxylic acids is 1. The molecule has 3 aromatic carbocycles. The summed E-state index contributed by atoms with van der Waals surface area (Å²) in [5.74, 6) is 0.424. The number of fused-ring (bicyclic) bond motifs is 1. The molecule has 0 radical (unpaired) electrons. The van der Waals surface area contributed by atoms with E-state index >= 15 is 0 Å². The summed E-state index contributed by atoms with van der Waals surface area (Å²) in [7, 11) is 0. The zero-order chi connectivity index (χ0) is 20.6. The molecule has 0 atom stereocenters. The second-order valence-electron chi connectivity index (χ2n) is 8.35. The van der Waals surface area contributed by atoms with Crippen LogP contribution in [0.15, 0.2) is 71.1 Å². The summed E-state index contributed by atoms with van der Waals surface area (Å²) in [5, 5.41) is 2.92. The van der Waals surface area contributed by atoms with Crippen molar-refractivity contribution in [2.75, 3.05) is 5.32 Å². The first-order chi connectivity index (χ1) is 13.8. The van der Waals surface area contributed by atoms with Crippen LogP contribution >= 0.6 is 0 Å². The number of benzene rings is 3. The van der Waals surface area contributed by atoms with Gasteiger partial charge in [-0.2, -0.15) is 0 Å². The molecular weight excluding hydrogens is 360 g/mol. The van der Waals surface area contributed by atoms with Gasteiger partial charge in [0.2, 0.25) is 5.89 Å². The van der Waals surface area contributed by atoms with Crippen molar-refractivity contribution in [2.45, 2.75) is 33.1 Å². The van der Waals surface area contributed by atoms with Gasteiger partial charge in [-0.1, -0.05) is 50.6 Å². The SMILES string of the molecule is Cc1cccc(C(=O)Nc2ccc3nc(-c4ccc(C(C)(C)C)cc4)oc3c2)c1. The van der Waals surface area contributed by atoms with E-state index in [1.807, 2.05) is 55.5 Å². The van der Waals surface area contributed by atoms with Crippen molar-refractivity contribution in [2.24, 2.45) is 0 Å². The third kappa shape index (κ3) is 4.06. The van der Waals surface area contributed by atoms with E-state index in [0.29, 0.717) is 22.7 Å². The summed E-state index contributed by atoms with van der Waals surface area (Å²) < 4.78 is 5.96. The number of carbonyl (C=O) groups is 1. The molecule has 4 aromatic rings. The lowest BCUT2D eigenvalue weighted by Crippen LogP contribution is -2.11. The van der Waals surface area contributed by atoms with Crippen molar-refractivity contribution in [3.05, 3.63) is 83.4 Å². The normalized spacial score (nSPS) is 11.6. The molecule has 1 N–H and O–H groups in total. The highest BCUT2D eigenvalue weighted by atomic mass is 16.3. The largest absolute Gasteiger partial charge is 0.436 e. The second kappa shape index (κ2) is 7.21. The number of amides is 1. The molecule has 1 heterocycles. The van der Waals surface area contributed by atoms with Gasteiger partial charge in [0, 0.05) is 22.9 Å². The van der Waals surface area contributed by atoms with E-state index < -0.39 is 0 Å². The fraction of sp³-hybridized carbons (Fsp3) is 0.200. The molecule has 4 heteroatoms. The summed E-state index contributed by atoms with van der Waals surface area (Å²) in [6, 6.07) is 21.3. The predicted molar refractivity (Wildman–Crippen MR) is 117 cm³/mol. The highest BCUT2D eigenvalue weighted by Crippen LogP contribution is 2.29. The number of aromatic nitrogens is 1. The standard InChI is InChI=1S/C25H24N2O2/c1-16-6-5-7-18(14-16)23(28)26-20-12-13-21-22(15-20)29-24(27-21)17-8-10-19(11-9-17)25(2,3)4/h5-15H,1-4H3,(H,26,28). The van der Waals surface area contributed by atoms with Gasteiger partial charge in [0.25, 0.3) is 5.91 Å². The molecular formula is C25H24N2O2. The van der Waals surface area contributed by atoms with Crippen LogP contribution in [-0.2, 0) is 5.41 Å². The molecule has 0 fully saturated rings. The number of nitrogens with one attached hydrogen (secondary N) is 1. The Bertz CT molecular complexity index is 1180. The maximum atomic E-state index is 12.5. The van der Waals surface area contributed by atoms with E-state index in [2.05, 4.69) is 43.2 Å². The number of hydrogen-bond acceptors (Lipinski definition) is 3. The van der Waals surface area contributed by atoms with Gasteiger partial charge in [-0.05, 0) is 54.3 Å². The van der Waals surface area contributed by atoms with Crippen LogP contribution in [0.2, 0.25) is 0 Å². The highest BCUT2D eigenvalue weighted by Gasteiger charge is 2.15. The van der Waals surface area contributed by atoms with Crippen LogP contribution in [0.1, 0.15) is 42.3 Å². The Morgan fingerprint density at radius 3 is 2.41 bits per heavy atom. The van der Waals surface area contributed by atoms with Crippen molar-refractivity contribution >= 4 is 22.7 Å². The smallest absolute Gasteiger partial charge is 0.255 e. The van der Waals surface area contributed by atoms with Crippen molar-refractivity contribution in [3.8, 4) is 11.5 Å². The fourth-order valence-corrected chi connectivity index (χ4v) is 3.23. The minimum atomic E-state index is -0.148. The average Bonchev–Trinajstić information content (AvgIpc) is 3.11. The molecule has 0 bridgehead atoms. The van der Waals surface area contributed by atoms with Crippen LogP contribution in [-0.4, -0.2) is 10.9 Å². The molecule has 0 spiro atoms. The summed E-state index contributed by atoms with van der Waals surface area (Å²) in [6.07, 6.45) is 0. The maximum Gasteiger partial charge on any atom is 0.255 e. The van der Waals surface area contributed by atoms with Crippen LogP contribution in [0.4, 0.5) is 5.69 Å². The molecule has 4 nitrogen and oxygen atoms in total. The summed E-state index contributed by atoms with van der Waals surface area (Å²) in [6.45, 7) is 8.53. The molecule has 29 heavy (non-hydrogen) atoms. The lowest BCUT2D eigenvalue weighted by molar-refractivity contribution is 0.102. The number of hydrogen-bond donors (Lipinski definition) is 1. The van der Waals surface area contributed by atoms with Crippen molar-refractivity contribution in [1.82, 2.24) is 4.98 Å². The molecule has 1 aromatic heterocycles. The van der Waals surface area contributed by atoms with Gasteiger partial charge < -0.3 is 9.73 Å². The van der Waals surface area contributed by atoms with Gasteiger partial charge in [-0.15, -0.1) is 0 Å². The van der Waals surface area contributed by atoms with Crippen molar-refractivity contribution in [3.63, 3.8) is 0 Å². The molecule has 0 unspecified atom stereocenters. The molecule has 0 saturated heterocycles. The van der Waals surface area contributed by atoms with Crippen LogP contribution in [0.3, 0.4) is 0 Å². The van der Waals surface area contributed by atoms with Gasteiger partial charge in [-0.3, -0.25) is 4.79 Å². The number of aryl methyl sites for hydroxylation is 1. The van der Waals surface area contributed by atoms with Crippen molar-refractivity contribution < 1.29 is 9.21 Å². The van der Waals surface area contributed by atoms with Crippen molar-refractivity contribution in [1.29, 1.82) is 0 Å². The monoisotopic (exact) mass is 384 g/mol. The molecule has 0 aliphatic carbocycles. The Kier molecular flexibility index (Phi) is 4.71. The van der Waals surface area contributed by atoms with E-state index in [9.17, 15) is 4.79 Å². The summed E-state index contributed by atoms with van der Waals surface area (Å²) >= 11 is 0. The van der Waals surface area contributed by atoms with Gasteiger partial charge in [0.1, 0.15) is 5.52 Å². The van der Waals surface area contributed by atoms with E-state index in [-0.39, 0.29) is 11.3 Å². The van der Waals surface area contributed by atoms with Gasteiger partial charge in [0.05, 0.1) is 0 Å². The first-order valence-electron chi connectivity index (χ1n) is 9.69. The zero-order valence-corrected chi connectivity index (χ0v) is 17.1. The molecule has 1 amide bonds. The Balaban J connectivity index is 1.58. The maximum absolute atomic E-state index is 12.5. The number of oxazole rings is 1. The van der Waals surface area contributed by atoms with E-state index in [0.717, 1.165) is 16.6 Å². The van der Waals surface area contributed by atoms with E-state index in [1.165, 1.54) is 5.56 Å². The predicted octanol–water partition coefficient (Wildman–Crippen LogP) is 6.35. The summed E-state index contributed by atoms with van der Waals surface area (Å²) in [5.41, 5.74) is 6.04. The molecule has 146 valence electrons. The van der Waals surface area contributed by atoms with Crippen LogP contribution in [0, 0.1) is 6.92 Å². The highest BCUT2D eigenvalue weighted by molar-refractivity contribution is 6.05. The third-order valence-electron chi connectivity index (χ3n) is 4.92. The van der Waals surface area contributed by atoms with Gasteiger partial charge >= 0.3 is 0 Å². The fourth-order valence-electron chi connectivity index (χ4n) is 3.23.